The molecular formula is C20H41KO4S. The van der Waals surface area contributed by atoms with Crippen molar-refractivity contribution in [1.29, 1.82) is 0 Å². The minimum atomic E-state index is -4.25. The zero-order valence-electron chi connectivity index (χ0n) is 17.5. The molecule has 6 heteroatoms. The van der Waals surface area contributed by atoms with E-state index in [1.807, 2.05) is 0 Å². The van der Waals surface area contributed by atoms with Crippen LogP contribution in [-0.2, 0) is 10.1 Å². The van der Waals surface area contributed by atoms with E-state index in [1.54, 1.807) is 0 Å². The van der Waals surface area contributed by atoms with Crippen LogP contribution in [0.1, 0.15) is 117 Å². The van der Waals surface area contributed by atoms with Gasteiger partial charge in [-0.05, 0) is 25.7 Å². The molecule has 0 amide bonds. The Morgan fingerprint density at radius 1 is 0.692 bits per heavy atom. The molecule has 4 nitrogen and oxygen atoms in total. The maximum Gasteiger partial charge on any atom is 1.00 e. The van der Waals surface area contributed by atoms with Crippen molar-refractivity contribution in [2.75, 3.05) is 0 Å². The first-order chi connectivity index (χ1) is 11.9. The standard InChI is InChI=1S/C20H42O4S.K/c1-3-5-7-8-9-10-11-12-13-14-16-20(25(22,23)24)18-17-19(21)15-6-4-2;/h19-21H,3-18H2,1-2H3,(H,22,23,24);/q;+1/p-1. The normalized spacial score (nSPS) is 14.0. The fraction of sp³-hybridized carbons (Fsp3) is 1.00. The quantitative estimate of drug-likeness (QED) is 0.212. The molecule has 0 saturated heterocycles. The van der Waals surface area contributed by atoms with Crippen molar-refractivity contribution in [3.63, 3.8) is 0 Å². The van der Waals surface area contributed by atoms with E-state index >= 15 is 0 Å². The van der Waals surface area contributed by atoms with Gasteiger partial charge < -0.3 is 9.66 Å². The maximum atomic E-state index is 11.4. The fourth-order valence-corrected chi connectivity index (χ4v) is 4.13. The molecule has 0 bridgehead atoms. The van der Waals surface area contributed by atoms with E-state index < -0.39 is 21.5 Å². The van der Waals surface area contributed by atoms with Crippen LogP contribution in [0.2, 0.25) is 0 Å². The number of hydrogen-bond donors (Lipinski definition) is 1. The first kappa shape index (κ1) is 29.7. The second-order valence-electron chi connectivity index (χ2n) is 7.46. The van der Waals surface area contributed by atoms with Crippen molar-refractivity contribution in [3.05, 3.63) is 0 Å². The van der Waals surface area contributed by atoms with Crippen LogP contribution in [0.15, 0.2) is 0 Å². The van der Waals surface area contributed by atoms with Crippen LogP contribution in [0.25, 0.3) is 0 Å². The second-order valence-corrected chi connectivity index (χ2v) is 9.11. The van der Waals surface area contributed by atoms with Gasteiger partial charge in [0.25, 0.3) is 0 Å². The summed E-state index contributed by atoms with van der Waals surface area (Å²) in [5.74, 6) is 0. The van der Waals surface area contributed by atoms with Gasteiger partial charge >= 0.3 is 51.4 Å². The van der Waals surface area contributed by atoms with Gasteiger partial charge in [0.2, 0.25) is 0 Å². The molecule has 26 heavy (non-hydrogen) atoms. The maximum absolute atomic E-state index is 11.4. The molecule has 0 fully saturated rings. The average Bonchev–Trinajstić information content (AvgIpc) is 2.56. The van der Waals surface area contributed by atoms with Crippen molar-refractivity contribution >= 4 is 10.1 Å². The van der Waals surface area contributed by atoms with Crippen molar-refractivity contribution in [2.24, 2.45) is 0 Å². The third-order valence-corrected chi connectivity index (χ3v) is 6.29. The Bertz CT molecular complexity index is 387. The molecular weight excluding hydrogens is 375 g/mol. The van der Waals surface area contributed by atoms with Gasteiger partial charge in [0.1, 0.15) is 0 Å². The molecule has 0 aromatic carbocycles. The predicted octanol–water partition coefficient (Wildman–Crippen LogP) is 2.55. The van der Waals surface area contributed by atoms with Crippen LogP contribution >= 0.6 is 0 Å². The van der Waals surface area contributed by atoms with Crippen LogP contribution in [0.3, 0.4) is 0 Å². The summed E-state index contributed by atoms with van der Waals surface area (Å²) in [6.45, 7) is 4.28. The van der Waals surface area contributed by atoms with Gasteiger partial charge in [-0.3, -0.25) is 0 Å². The van der Waals surface area contributed by atoms with Crippen LogP contribution in [0, 0.1) is 0 Å². The summed E-state index contributed by atoms with van der Waals surface area (Å²) in [5, 5.41) is 9.02. The molecule has 2 atom stereocenters. The van der Waals surface area contributed by atoms with Crippen LogP contribution in [0.4, 0.5) is 0 Å². The summed E-state index contributed by atoms with van der Waals surface area (Å²) in [6.07, 6.45) is 15.3. The van der Waals surface area contributed by atoms with E-state index in [9.17, 15) is 18.1 Å². The Kier molecular flexibility index (Phi) is 22.6. The monoisotopic (exact) mass is 416 g/mol. The number of hydrogen-bond acceptors (Lipinski definition) is 4. The van der Waals surface area contributed by atoms with Crippen LogP contribution in [-0.4, -0.2) is 29.4 Å². The van der Waals surface area contributed by atoms with Gasteiger partial charge in [-0.15, -0.1) is 0 Å². The van der Waals surface area contributed by atoms with Gasteiger partial charge in [-0.2, -0.15) is 0 Å². The van der Waals surface area contributed by atoms with Gasteiger partial charge in [-0.25, -0.2) is 8.42 Å². The average molecular weight is 417 g/mol. The third kappa shape index (κ3) is 18.9. The van der Waals surface area contributed by atoms with E-state index in [4.69, 9.17) is 0 Å². The Hall–Kier alpha value is 1.51. The summed E-state index contributed by atoms with van der Waals surface area (Å²) in [7, 11) is -4.25. The smallest absolute Gasteiger partial charge is 0.748 e. The molecule has 0 rings (SSSR count). The molecule has 0 spiro atoms. The zero-order valence-corrected chi connectivity index (χ0v) is 21.5. The van der Waals surface area contributed by atoms with E-state index in [0.717, 1.165) is 32.1 Å². The van der Waals surface area contributed by atoms with Crippen molar-refractivity contribution in [3.8, 4) is 0 Å². The van der Waals surface area contributed by atoms with E-state index in [2.05, 4.69) is 13.8 Å². The summed E-state index contributed by atoms with van der Waals surface area (Å²) >= 11 is 0. The molecule has 2 unspecified atom stereocenters. The number of aliphatic hydroxyl groups excluding tert-OH is 1. The Labute approximate surface area is 205 Å². The first-order valence-electron chi connectivity index (χ1n) is 10.5. The minimum Gasteiger partial charge on any atom is -0.748 e. The number of unbranched alkanes of at least 4 members (excludes halogenated alkanes) is 10. The minimum absolute atomic E-state index is 0. The Morgan fingerprint density at radius 3 is 1.62 bits per heavy atom. The van der Waals surface area contributed by atoms with E-state index in [1.165, 1.54) is 44.9 Å². The summed E-state index contributed by atoms with van der Waals surface area (Å²) in [5.41, 5.74) is 0. The molecule has 0 heterocycles. The molecule has 0 radical (unpaired) electrons. The largest absolute Gasteiger partial charge is 1.00 e. The fourth-order valence-electron chi connectivity index (χ4n) is 3.25. The Morgan fingerprint density at radius 2 is 1.15 bits per heavy atom. The molecule has 1 N–H and O–H groups in total. The summed E-state index contributed by atoms with van der Waals surface area (Å²) in [6, 6.07) is 0. The predicted molar refractivity (Wildman–Crippen MR) is 105 cm³/mol. The molecule has 152 valence electrons. The third-order valence-electron chi connectivity index (χ3n) is 5.00. The van der Waals surface area contributed by atoms with Gasteiger partial charge in [0, 0.05) is 5.25 Å². The molecule has 0 aliphatic rings. The topological polar surface area (TPSA) is 77.4 Å². The number of aliphatic hydroxyl groups is 1. The zero-order chi connectivity index (χ0) is 19.0. The molecule has 0 aliphatic heterocycles. The van der Waals surface area contributed by atoms with E-state index in [-0.39, 0.29) is 51.4 Å². The van der Waals surface area contributed by atoms with Crippen molar-refractivity contribution in [1.82, 2.24) is 0 Å². The number of rotatable bonds is 18. The van der Waals surface area contributed by atoms with E-state index in [0.29, 0.717) is 25.7 Å². The first-order valence-corrected chi connectivity index (χ1v) is 12.0. The van der Waals surface area contributed by atoms with Crippen LogP contribution < -0.4 is 51.4 Å². The van der Waals surface area contributed by atoms with Crippen molar-refractivity contribution in [2.45, 2.75) is 128 Å². The van der Waals surface area contributed by atoms with Crippen LogP contribution in [0.5, 0.6) is 0 Å². The molecule has 0 aromatic rings. The van der Waals surface area contributed by atoms with Gasteiger partial charge in [0.05, 0.1) is 16.2 Å². The summed E-state index contributed by atoms with van der Waals surface area (Å²) in [4.78, 5) is 0. The molecule has 0 aliphatic carbocycles. The summed E-state index contributed by atoms with van der Waals surface area (Å²) < 4.78 is 34.2. The molecule has 0 saturated carbocycles. The SMILES string of the molecule is CCCCCCCCCCCCC(CCC(O)CCCC)S(=O)(=O)[O-].[K+]. The Balaban J connectivity index is 0. The molecule has 0 aromatic heterocycles. The van der Waals surface area contributed by atoms with Gasteiger partial charge in [-0.1, -0.05) is 90.9 Å². The second kappa shape index (κ2) is 19.8. The van der Waals surface area contributed by atoms with Crippen molar-refractivity contribution < 1.29 is 69.5 Å². The van der Waals surface area contributed by atoms with Gasteiger partial charge in [0.15, 0.2) is 0 Å².